The summed E-state index contributed by atoms with van der Waals surface area (Å²) in [5.41, 5.74) is 7.30. The van der Waals surface area contributed by atoms with Gasteiger partial charge in [0, 0.05) is 29.9 Å². The van der Waals surface area contributed by atoms with Crippen molar-refractivity contribution in [2.24, 2.45) is 5.73 Å². The number of aliphatic hydroxyl groups is 1. The zero-order chi connectivity index (χ0) is 14.7. The number of nitrogens with zero attached hydrogens (tertiary/aromatic N) is 1. The quantitative estimate of drug-likeness (QED) is 0.893. The van der Waals surface area contributed by atoms with Crippen LogP contribution in [-0.2, 0) is 0 Å². The Kier molecular flexibility index (Phi) is 4.03. The normalized spacial score (nSPS) is 16.3. The topological polar surface area (TPSA) is 77.6 Å². The summed E-state index contributed by atoms with van der Waals surface area (Å²) in [5.74, 6) is 0.975. The van der Waals surface area contributed by atoms with Crippen LogP contribution in [0.2, 0.25) is 0 Å². The van der Waals surface area contributed by atoms with Crippen LogP contribution >= 0.6 is 0 Å². The van der Waals surface area contributed by atoms with Crippen molar-refractivity contribution < 1.29 is 14.6 Å². The number of pyridine rings is 1. The third-order valence-electron chi connectivity index (χ3n) is 3.62. The Balaban J connectivity index is 1.96. The fourth-order valence-electron chi connectivity index (χ4n) is 2.55. The van der Waals surface area contributed by atoms with E-state index in [1.54, 1.807) is 6.20 Å². The van der Waals surface area contributed by atoms with E-state index in [1.165, 1.54) is 0 Å². The SMILES string of the molecule is NCC(c1ccccn1)C(O)c1cccc2c1OCCO2. The van der Waals surface area contributed by atoms with Crippen molar-refractivity contribution in [2.75, 3.05) is 19.8 Å². The maximum Gasteiger partial charge on any atom is 0.167 e. The zero-order valence-corrected chi connectivity index (χ0v) is 11.6. The number of nitrogens with two attached hydrogens (primary N) is 1. The first-order valence-corrected chi connectivity index (χ1v) is 6.99. The molecule has 3 rings (SSSR count). The van der Waals surface area contributed by atoms with E-state index in [9.17, 15) is 5.11 Å². The Bertz CT molecular complexity index is 604. The zero-order valence-electron chi connectivity index (χ0n) is 11.6. The highest BCUT2D eigenvalue weighted by atomic mass is 16.6. The molecular weight excluding hydrogens is 268 g/mol. The van der Waals surface area contributed by atoms with Crippen molar-refractivity contribution in [3.63, 3.8) is 0 Å². The summed E-state index contributed by atoms with van der Waals surface area (Å²) < 4.78 is 11.2. The highest BCUT2D eigenvalue weighted by Gasteiger charge is 2.28. The number of fused-ring (bicyclic) bond motifs is 1. The van der Waals surface area contributed by atoms with E-state index < -0.39 is 6.10 Å². The van der Waals surface area contributed by atoms with E-state index in [-0.39, 0.29) is 5.92 Å². The minimum Gasteiger partial charge on any atom is -0.486 e. The van der Waals surface area contributed by atoms with Crippen molar-refractivity contribution in [3.05, 3.63) is 53.9 Å². The second kappa shape index (κ2) is 6.11. The lowest BCUT2D eigenvalue weighted by atomic mass is 9.91. The third kappa shape index (κ3) is 2.70. The van der Waals surface area contributed by atoms with Crippen LogP contribution in [0.25, 0.3) is 0 Å². The maximum absolute atomic E-state index is 10.7. The maximum atomic E-state index is 10.7. The number of para-hydroxylation sites is 1. The number of aromatic nitrogens is 1. The fourth-order valence-corrected chi connectivity index (χ4v) is 2.55. The van der Waals surface area contributed by atoms with Gasteiger partial charge in [-0.1, -0.05) is 18.2 Å². The smallest absolute Gasteiger partial charge is 0.167 e. The minimum atomic E-state index is -0.790. The van der Waals surface area contributed by atoms with Crippen LogP contribution in [0.3, 0.4) is 0 Å². The first kappa shape index (κ1) is 13.9. The van der Waals surface area contributed by atoms with Gasteiger partial charge in [-0.3, -0.25) is 4.98 Å². The molecule has 1 aromatic carbocycles. The number of rotatable bonds is 4. The van der Waals surface area contributed by atoms with Crippen LogP contribution in [0.4, 0.5) is 0 Å². The monoisotopic (exact) mass is 286 g/mol. The number of aliphatic hydroxyl groups excluding tert-OH is 1. The van der Waals surface area contributed by atoms with Crippen LogP contribution in [0.5, 0.6) is 11.5 Å². The molecule has 1 aromatic heterocycles. The summed E-state index contributed by atoms with van der Waals surface area (Å²) in [4.78, 5) is 4.30. The van der Waals surface area contributed by atoms with Crippen LogP contribution in [0.15, 0.2) is 42.6 Å². The van der Waals surface area contributed by atoms with Gasteiger partial charge in [-0.2, -0.15) is 0 Å². The average Bonchev–Trinajstić information content (AvgIpc) is 2.56. The molecule has 0 saturated heterocycles. The summed E-state index contributed by atoms with van der Waals surface area (Å²) in [6, 6.07) is 11.1. The van der Waals surface area contributed by atoms with Crippen LogP contribution < -0.4 is 15.2 Å². The van der Waals surface area contributed by atoms with Gasteiger partial charge < -0.3 is 20.3 Å². The standard InChI is InChI=1S/C16H18N2O3/c17-10-12(13-5-1-2-7-18-13)15(19)11-4-3-6-14-16(11)21-9-8-20-14/h1-7,12,15,19H,8-10,17H2. The van der Waals surface area contributed by atoms with Crippen LogP contribution in [0.1, 0.15) is 23.3 Å². The van der Waals surface area contributed by atoms with Crippen molar-refractivity contribution >= 4 is 0 Å². The van der Waals surface area contributed by atoms with E-state index in [4.69, 9.17) is 15.2 Å². The van der Waals surface area contributed by atoms with Crippen molar-refractivity contribution in [1.82, 2.24) is 4.98 Å². The molecule has 0 spiro atoms. The molecular formula is C16H18N2O3. The molecule has 21 heavy (non-hydrogen) atoms. The summed E-state index contributed by atoms with van der Waals surface area (Å²) in [5, 5.41) is 10.7. The Morgan fingerprint density at radius 3 is 2.76 bits per heavy atom. The molecule has 2 heterocycles. The molecule has 2 aromatic rings. The van der Waals surface area contributed by atoms with E-state index in [0.717, 1.165) is 5.69 Å². The van der Waals surface area contributed by atoms with Gasteiger partial charge in [-0.15, -0.1) is 0 Å². The number of ether oxygens (including phenoxy) is 2. The predicted molar refractivity (Wildman–Crippen MR) is 78.4 cm³/mol. The van der Waals surface area contributed by atoms with Crippen molar-refractivity contribution in [1.29, 1.82) is 0 Å². The molecule has 0 aliphatic carbocycles. The fraction of sp³-hybridized carbons (Fsp3) is 0.312. The van der Waals surface area contributed by atoms with E-state index in [1.807, 2.05) is 36.4 Å². The van der Waals surface area contributed by atoms with E-state index in [0.29, 0.717) is 36.8 Å². The Hall–Kier alpha value is -2.11. The Morgan fingerprint density at radius 1 is 1.14 bits per heavy atom. The van der Waals surface area contributed by atoms with Gasteiger partial charge >= 0.3 is 0 Å². The van der Waals surface area contributed by atoms with Gasteiger partial charge in [-0.25, -0.2) is 0 Å². The molecule has 1 aliphatic heterocycles. The summed E-state index contributed by atoms with van der Waals surface area (Å²) in [6.07, 6.45) is 0.909. The molecule has 5 nitrogen and oxygen atoms in total. The van der Waals surface area contributed by atoms with Gasteiger partial charge in [0.15, 0.2) is 11.5 Å². The highest BCUT2D eigenvalue weighted by molar-refractivity contribution is 5.49. The van der Waals surface area contributed by atoms with Crippen LogP contribution in [0, 0.1) is 0 Å². The summed E-state index contributed by atoms with van der Waals surface area (Å²) in [6.45, 7) is 1.30. The average molecular weight is 286 g/mol. The number of hydrogen-bond acceptors (Lipinski definition) is 5. The molecule has 0 fully saturated rings. The van der Waals surface area contributed by atoms with Crippen LogP contribution in [-0.4, -0.2) is 29.8 Å². The molecule has 0 amide bonds. The second-order valence-electron chi connectivity index (χ2n) is 4.91. The lowest BCUT2D eigenvalue weighted by molar-refractivity contribution is 0.127. The summed E-state index contributed by atoms with van der Waals surface area (Å²) in [7, 11) is 0. The molecule has 110 valence electrons. The first-order valence-electron chi connectivity index (χ1n) is 6.99. The molecule has 2 atom stereocenters. The van der Waals surface area contributed by atoms with E-state index in [2.05, 4.69) is 4.98 Å². The van der Waals surface area contributed by atoms with Crippen molar-refractivity contribution in [2.45, 2.75) is 12.0 Å². The predicted octanol–water partition coefficient (Wildman–Crippen LogP) is 1.63. The molecule has 0 radical (unpaired) electrons. The summed E-state index contributed by atoms with van der Waals surface area (Å²) >= 11 is 0. The van der Waals surface area contributed by atoms with Gasteiger partial charge in [0.05, 0.1) is 6.10 Å². The van der Waals surface area contributed by atoms with Gasteiger partial charge in [0.2, 0.25) is 0 Å². The van der Waals surface area contributed by atoms with Crippen molar-refractivity contribution in [3.8, 4) is 11.5 Å². The number of hydrogen-bond donors (Lipinski definition) is 2. The lowest BCUT2D eigenvalue weighted by Gasteiger charge is -2.26. The Morgan fingerprint density at radius 2 is 2.00 bits per heavy atom. The molecule has 5 heteroatoms. The number of benzene rings is 1. The first-order chi connectivity index (χ1) is 10.3. The lowest BCUT2D eigenvalue weighted by Crippen LogP contribution is -2.23. The second-order valence-corrected chi connectivity index (χ2v) is 4.91. The Labute approximate surface area is 123 Å². The molecule has 1 aliphatic rings. The molecule has 0 saturated carbocycles. The van der Waals surface area contributed by atoms with Gasteiger partial charge in [0.1, 0.15) is 13.2 Å². The highest BCUT2D eigenvalue weighted by Crippen LogP contribution is 2.41. The largest absolute Gasteiger partial charge is 0.486 e. The van der Waals surface area contributed by atoms with E-state index >= 15 is 0 Å². The van der Waals surface area contributed by atoms with Gasteiger partial charge in [-0.05, 0) is 18.2 Å². The molecule has 3 N–H and O–H groups in total. The minimum absolute atomic E-state index is 0.289. The molecule has 2 unspecified atom stereocenters. The molecule has 0 bridgehead atoms. The third-order valence-corrected chi connectivity index (χ3v) is 3.62. The van der Waals surface area contributed by atoms with Gasteiger partial charge in [0.25, 0.3) is 0 Å².